The maximum atomic E-state index is 5.97. The molecule has 0 aliphatic carbocycles. The molecule has 1 rings (SSSR count). The average Bonchev–Trinajstić information content (AvgIpc) is 2.18. The highest BCUT2D eigenvalue weighted by molar-refractivity contribution is 6.30. The monoisotopic (exact) mass is 225 g/mol. The lowest BCUT2D eigenvalue weighted by molar-refractivity contribution is 0.503. The zero-order valence-electron chi connectivity index (χ0n) is 9.54. The summed E-state index contributed by atoms with van der Waals surface area (Å²) in [6.45, 7) is 5.18. The van der Waals surface area contributed by atoms with Gasteiger partial charge in [0.05, 0.1) is 0 Å². The Morgan fingerprint density at radius 1 is 1.27 bits per heavy atom. The first-order valence-corrected chi connectivity index (χ1v) is 5.96. The van der Waals surface area contributed by atoms with Crippen LogP contribution in [0, 0.1) is 5.92 Å². The standard InChI is InChI=1S/C13H20ClN/c1-10(2)6-7-12(9-15)11-4-3-5-13(14)8-11/h3-5,8,10,12H,6-7,9,15H2,1-2H3. The van der Waals surface area contributed by atoms with Crippen molar-refractivity contribution in [2.45, 2.75) is 32.6 Å². The van der Waals surface area contributed by atoms with E-state index in [1.807, 2.05) is 18.2 Å². The van der Waals surface area contributed by atoms with Gasteiger partial charge in [-0.25, -0.2) is 0 Å². The van der Waals surface area contributed by atoms with Crippen molar-refractivity contribution in [3.8, 4) is 0 Å². The van der Waals surface area contributed by atoms with Crippen molar-refractivity contribution in [1.82, 2.24) is 0 Å². The van der Waals surface area contributed by atoms with Crippen LogP contribution in [0.1, 0.15) is 38.2 Å². The highest BCUT2D eigenvalue weighted by Gasteiger charge is 2.10. The predicted octanol–water partition coefficient (Wildman–Crippen LogP) is 3.82. The van der Waals surface area contributed by atoms with Gasteiger partial charge in [0.2, 0.25) is 0 Å². The zero-order chi connectivity index (χ0) is 11.3. The van der Waals surface area contributed by atoms with Gasteiger partial charge in [0.15, 0.2) is 0 Å². The van der Waals surface area contributed by atoms with E-state index in [4.69, 9.17) is 17.3 Å². The van der Waals surface area contributed by atoms with Crippen LogP contribution in [0.3, 0.4) is 0 Å². The molecule has 0 spiro atoms. The van der Waals surface area contributed by atoms with Crippen molar-refractivity contribution in [2.24, 2.45) is 11.7 Å². The third kappa shape index (κ3) is 4.23. The molecule has 1 aromatic carbocycles. The lowest BCUT2D eigenvalue weighted by Crippen LogP contribution is -2.13. The molecule has 2 N–H and O–H groups in total. The van der Waals surface area contributed by atoms with Crippen molar-refractivity contribution >= 4 is 11.6 Å². The van der Waals surface area contributed by atoms with E-state index in [0.717, 1.165) is 17.4 Å². The van der Waals surface area contributed by atoms with Crippen molar-refractivity contribution in [3.05, 3.63) is 34.9 Å². The van der Waals surface area contributed by atoms with E-state index in [1.54, 1.807) is 0 Å². The maximum Gasteiger partial charge on any atom is 0.0408 e. The molecule has 0 aliphatic rings. The first kappa shape index (κ1) is 12.5. The van der Waals surface area contributed by atoms with E-state index in [0.29, 0.717) is 12.5 Å². The number of benzene rings is 1. The first-order chi connectivity index (χ1) is 7.13. The highest BCUT2D eigenvalue weighted by atomic mass is 35.5. The van der Waals surface area contributed by atoms with Crippen molar-refractivity contribution in [3.63, 3.8) is 0 Å². The molecule has 0 aromatic heterocycles. The molecule has 0 fully saturated rings. The molecule has 0 saturated heterocycles. The summed E-state index contributed by atoms with van der Waals surface area (Å²) in [5, 5.41) is 0.801. The number of hydrogen-bond acceptors (Lipinski definition) is 1. The lowest BCUT2D eigenvalue weighted by Gasteiger charge is -2.16. The molecule has 0 bridgehead atoms. The normalized spacial score (nSPS) is 13.1. The van der Waals surface area contributed by atoms with E-state index in [9.17, 15) is 0 Å². The quantitative estimate of drug-likeness (QED) is 0.810. The number of rotatable bonds is 5. The summed E-state index contributed by atoms with van der Waals surface area (Å²) in [5.41, 5.74) is 7.07. The second-order valence-corrected chi connectivity index (χ2v) is 4.90. The Morgan fingerprint density at radius 3 is 2.53 bits per heavy atom. The summed E-state index contributed by atoms with van der Waals surface area (Å²) in [6.07, 6.45) is 2.36. The van der Waals surface area contributed by atoms with Crippen LogP contribution in [0.5, 0.6) is 0 Å². The molecule has 15 heavy (non-hydrogen) atoms. The first-order valence-electron chi connectivity index (χ1n) is 5.59. The van der Waals surface area contributed by atoms with E-state index in [1.165, 1.54) is 12.0 Å². The molecule has 0 radical (unpaired) electrons. The van der Waals surface area contributed by atoms with Gasteiger partial charge >= 0.3 is 0 Å². The van der Waals surface area contributed by atoms with Crippen LogP contribution >= 0.6 is 11.6 Å². The van der Waals surface area contributed by atoms with Crippen LogP contribution in [-0.2, 0) is 0 Å². The van der Waals surface area contributed by atoms with Crippen LogP contribution < -0.4 is 5.73 Å². The van der Waals surface area contributed by atoms with E-state index >= 15 is 0 Å². The topological polar surface area (TPSA) is 26.0 Å². The minimum atomic E-state index is 0.450. The van der Waals surface area contributed by atoms with Crippen molar-refractivity contribution < 1.29 is 0 Å². The lowest BCUT2D eigenvalue weighted by atomic mass is 9.91. The van der Waals surface area contributed by atoms with Gasteiger partial charge in [0, 0.05) is 5.02 Å². The molecule has 0 aliphatic heterocycles. The minimum absolute atomic E-state index is 0.450. The van der Waals surface area contributed by atoms with Crippen LogP contribution in [-0.4, -0.2) is 6.54 Å². The van der Waals surface area contributed by atoms with Crippen molar-refractivity contribution in [2.75, 3.05) is 6.54 Å². The SMILES string of the molecule is CC(C)CCC(CN)c1cccc(Cl)c1. The summed E-state index contributed by atoms with van der Waals surface area (Å²) in [7, 11) is 0. The summed E-state index contributed by atoms with van der Waals surface area (Å²) in [4.78, 5) is 0. The second-order valence-electron chi connectivity index (χ2n) is 4.46. The molecule has 0 saturated carbocycles. The Kier molecular flexibility index (Phi) is 5.13. The molecule has 1 unspecified atom stereocenters. The molecule has 1 nitrogen and oxygen atoms in total. The zero-order valence-corrected chi connectivity index (χ0v) is 10.3. The van der Waals surface area contributed by atoms with Gasteiger partial charge < -0.3 is 5.73 Å². The Bertz CT molecular complexity index is 296. The summed E-state index contributed by atoms with van der Waals surface area (Å²) in [5.74, 6) is 1.18. The van der Waals surface area contributed by atoms with Gasteiger partial charge in [-0.2, -0.15) is 0 Å². The van der Waals surface area contributed by atoms with Gasteiger partial charge in [-0.05, 0) is 42.5 Å². The maximum absolute atomic E-state index is 5.97. The number of halogens is 1. The van der Waals surface area contributed by atoms with E-state index in [2.05, 4.69) is 19.9 Å². The smallest absolute Gasteiger partial charge is 0.0408 e. The minimum Gasteiger partial charge on any atom is -0.330 e. The third-order valence-corrected chi connectivity index (χ3v) is 2.93. The van der Waals surface area contributed by atoms with Crippen LogP contribution in [0.2, 0.25) is 5.02 Å². The van der Waals surface area contributed by atoms with E-state index < -0.39 is 0 Å². The molecule has 2 heteroatoms. The summed E-state index contributed by atoms with van der Waals surface area (Å²) >= 11 is 5.97. The Labute approximate surface area is 97.6 Å². The molecule has 84 valence electrons. The molecular formula is C13H20ClN. The fourth-order valence-electron chi connectivity index (χ4n) is 1.72. The van der Waals surface area contributed by atoms with Gasteiger partial charge in [-0.3, -0.25) is 0 Å². The average molecular weight is 226 g/mol. The largest absolute Gasteiger partial charge is 0.330 e. The molecule has 0 heterocycles. The number of nitrogens with two attached hydrogens (primary N) is 1. The van der Waals surface area contributed by atoms with Crippen LogP contribution in [0.4, 0.5) is 0 Å². The molecule has 0 amide bonds. The van der Waals surface area contributed by atoms with Gasteiger partial charge in [0.25, 0.3) is 0 Å². The van der Waals surface area contributed by atoms with Crippen LogP contribution in [0.25, 0.3) is 0 Å². The Morgan fingerprint density at radius 2 is 2.00 bits per heavy atom. The van der Waals surface area contributed by atoms with Crippen molar-refractivity contribution in [1.29, 1.82) is 0 Å². The summed E-state index contributed by atoms with van der Waals surface area (Å²) in [6, 6.07) is 8.04. The highest BCUT2D eigenvalue weighted by Crippen LogP contribution is 2.24. The molecule has 1 aromatic rings. The summed E-state index contributed by atoms with van der Waals surface area (Å²) < 4.78 is 0. The van der Waals surface area contributed by atoms with Crippen LogP contribution in [0.15, 0.2) is 24.3 Å². The molecular weight excluding hydrogens is 206 g/mol. The van der Waals surface area contributed by atoms with E-state index in [-0.39, 0.29) is 0 Å². The Hall–Kier alpha value is -0.530. The second kappa shape index (κ2) is 6.14. The fraction of sp³-hybridized carbons (Fsp3) is 0.538. The third-order valence-electron chi connectivity index (χ3n) is 2.70. The Balaban J connectivity index is 2.65. The van der Waals surface area contributed by atoms with Gasteiger partial charge in [0.1, 0.15) is 0 Å². The fourth-order valence-corrected chi connectivity index (χ4v) is 1.91. The van der Waals surface area contributed by atoms with Gasteiger partial charge in [-0.1, -0.05) is 44.0 Å². The number of hydrogen-bond donors (Lipinski definition) is 1. The molecule has 1 atom stereocenters. The predicted molar refractivity (Wildman–Crippen MR) is 67.3 cm³/mol. The van der Waals surface area contributed by atoms with Gasteiger partial charge in [-0.15, -0.1) is 0 Å².